The van der Waals surface area contributed by atoms with Crippen molar-refractivity contribution in [3.63, 3.8) is 0 Å². The van der Waals surface area contributed by atoms with Crippen LogP contribution in [0.25, 0.3) is 0 Å². The summed E-state index contributed by atoms with van der Waals surface area (Å²) in [5, 5.41) is 3.60. The molecule has 0 aromatic heterocycles. The van der Waals surface area contributed by atoms with Gasteiger partial charge in [-0.1, -0.05) is 6.92 Å². The maximum atomic E-state index is 4.48. The largest absolute Gasteiger partial charge is 0.355 e. The van der Waals surface area contributed by atoms with E-state index in [1.807, 2.05) is 7.05 Å². The molecular weight excluding hydrogens is 387 g/mol. The fourth-order valence-corrected chi connectivity index (χ4v) is 3.36. The molecule has 22 heavy (non-hydrogen) atoms. The van der Waals surface area contributed by atoms with E-state index in [1.165, 1.54) is 51.6 Å². The maximum Gasteiger partial charge on any atom is 0.193 e. The zero-order valence-electron chi connectivity index (χ0n) is 14.3. The highest BCUT2D eigenvalue weighted by Gasteiger charge is 2.33. The lowest BCUT2D eigenvalue weighted by Crippen LogP contribution is -2.47. The minimum absolute atomic E-state index is 0. The first-order valence-corrected chi connectivity index (χ1v) is 8.96. The summed E-state index contributed by atoms with van der Waals surface area (Å²) in [7, 11) is 1.92. The lowest BCUT2D eigenvalue weighted by Gasteiger charge is -2.33. The molecule has 0 bridgehead atoms. The van der Waals surface area contributed by atoms with Gasteiger partial charge in [0.25, 0.3) is 0 Å². The van der Waals surface area contributed by atoms with Crippen LogP contribution in [0.1, 0.15) is 45.4 Å². The van der Waals surface area contributed by atoms with Gasteiger partial charge in [-0.25, -0.2) is 0 Å². The quantitative estimate of drug-likeness (QED) is 0.407. The number of likely N-dealkylation sites (tertiary alicyclic amines) is 1. The summed E-state index contributed by atoms with van der Waals surface area (Å²) >= 11 is 0. The zero-order valence-corrected chi connectivity index (χ0v) is 16.6. The van der Waals surface area contributed by atoms with Crippen LogP contribution in [-0.4, -0.2) is 61.6 Å². The van der Waals surface area contributed by atoms with Gasteiger partial charge >= 0.3 is 0 Å². The van der Waals surface area contributed by atoms with Gasteiger partial charge < -0.3 is 10.2 Å². The summed E-state index contributed by atoms with van der Waals surface area (Å²) in [6.07, 6.45) is 8.37. The fourth-order valence-electron chi connectivity index (χ4n) is 3.36. The van der Waals surface area contributed by atoms with Gasteiger partial charge in [-0.15, -0.1) is 24.0 Å². The van der Waals surface area contributed by atoms with Gasteiger partial charge in [0.2, 0.25) is 0 Å². The minimum Gasteiger partial charge on any atom is -0.355 e. The first-order valence-electron chi connectivity index (χ1n) is 8.96. The standard InChI is InChI=1S/C17H32N4.HI/c1-14-7-10-20(11-8-14)17(18-2)19-9-12-21(16-5-6-16)13-15-3-4-15;/h14-16H,3-13H2,1-2H3,(H,18,19);1H. The van der Waals surface area contributed by atoms with Crippen molar-refractivity contribution in [1.82, 2.24) is 15.1 Å². The molecule has 4 nitrogen and oxygen atoms in total. The summed E-state index contributed by atoms with van der Waals surface area (Å²) in [6, 6.07) is 0.894. The third-order valence-electron chi connectivity index (χ3n) is 5.23. The predicted molar refractivity (Wildman–Crippen MR) is 104 cm³/mol. The number of rotatable bonds is 6. The lowest BCUT2D eigenvalue weighted by atomic mass is 10.00. The number of guanidine groups is 1. The highest BCUT2D eigenvalue weighted by atomic mass is 127. The molecule has 1 saturated heterocycles. The molecule has 1 aliphatic heterocycles. The van der Waals surface area contributed by atoms with Gasteiger partial charge in [0.05, 0.1) is 0 Å². The monoisotopic (exact) mass is 420 g/mol. The molecule has 3 aliphatic rings. The van der Waals surface area contributed by atoms with Gasteiger partial charge in [0, 0.05) is 45.8 Å². The van der Waals surface area contributed by atoms with E-state index >= 15 is 0 Å². The Hall–Kier alpha value is -0.0400. The number of nitrogens with zero attached hydrogens (tertiary/aromatic N) is 3. The summed E-state index contributed by atoms with van der Waals surface area (Å²) < 4.78 is 0. The van der Waals surface area contributed by atoms with Crippen molar-refractivity contribution >= 4 is 29.9 Å². The third kappa shape index (κ3) is 5.55. The first kappa shape index (κ1) is 18.3. The summed E-state index contributed by atoms with van der Waals surface area (Å²) in [6.45, 7) is 8.25. The average molecular weight is 420 g/mol. The number of halogens is 1. The Labute approximate surface area is 153 Å². The van der Waals surface area contributed by atoms with Gasteiger partial charge in [0.1, 0.15) is 0 Å². The molecule has 0 spiro atoms. The number of nitrogens with one attached hydrogen (secondary N) is 1. The number of piperidine rings is 1. The number of hydrogen-bond donors (Lipinski definition) is 1. The Morgan fingerprint density at radius 3 is 2.36 bits per heavy atom. The second-order valence-electron chi connectivity index (χ2n) is 7.31. The Kier molecular flexibility index (Phi) is 7.25. The molecule has 0 aromatic carbocycles. The molecule has 3 fully saturated rings. The summed E-state index contributed by atoms with van der Waals surface area (Å²) in [4.78, 5) is 9.63. The van der Waals surface area contributed by atoms with Crippen LogP contribution in [0.5, 0.6) is 0 Å². The zero-order chi connectivity index (χ0) is 14.7. The Morgan fingerprint density at radius 2 is 1.82 bits per heavy atom. The summed E-state index contributed by atoms with van der Waals surface area (Å²) in [5.74, 6) is 3.00. The van der Waals surface area contributed by atoms with Crippen molar-refractivity contribution in [2.45, 2.75) is 51.5 Å². The second-order valence-corrected chi connectivity index (χ2v) is 7.31. The van der Waals surface area contributed by atoms with E-state index in [-0.39, 0.29) is 24.0 Å². The first-order chi connectivity index (χ1) is 10.3. The van der Waals surface area contributed by atoms with Crippen LogP contribution >= 0.6 is 24.0 Å². The van der Waals surface area contributed by atoms with Gasteiger partial charge in [-0.3, -0.25) is 9.89 Å². The van der Waals surface area contributed by atoms with Crippen molar-refractivity contribution in [3.05, 3.63) is 0 Å². The van der Waals surface area contributed by atoms with Crippen LogP contribution in [-0.2, 0) is 0 Å². The van der Waals surface area contributed by atoms with Crippen LogP contribution in [0, 0.1) is 11.8 Å². The molecule has 128 valence electrons. The number of aliphatic imine (C=N–C) groups is 1. The average Bonchev–Trinajstić information content (AvgIpc) is 3.37. The van der Waals surface area contributed by atoms with Crippen molar-refractivity contribution < 1.29 is 0 Å². The van der Waals surface area contributed by atoms with Crippen molar-refractivity contribution in [2.75, 3.05) is 39.8 Å². The van der Waals surface area contributed by atoms with E-state index in [4.69, 9.17) is 0 Å². The van der Waals surface area contributed by atoms with Crippen molar-refractivity contribution in [3.8, 4) is 0 Å². The van der Waals surface area contributed by atoms with Crippen LogP contribution in [0.4, 0.5) is 0 Å². The molecule has 2 saturated carbocycles. The second kappa shape index (κ2) is 8.71. The van der Waals surface area contributed by atoms with Crippen LogP contribution in [0.3, 0.4) is 0 Å². The van der Waals surface area contributed by atoms with Gasteiger partial charge in [-0.05, 0) is 50.4 Å². The smallest absolute Gasteiger partial charge is 0.193 e. The van der Waals surface area contributed by atoms with Crippen molar-refractivity contribution in [2.24, 2.45) is 16.8 Å². The molecular formula is C17H33IN4. The van der Waals surface area contributed by atoms with Crippen LogP contribution in [0.2, 0.25) is 0 Å². The Bertz CT molecular complexity index is 358. The van der Waals surface area contributed by atoms with E-state index < -0.39 is 0 Å². The molecule has 0 aromatic rings. The Morgan fingerprint density at radius 1 is 1.14 bits per heavy atom. The molecule has 5 heteroatoms. The SMILES string of the molecule is CN=C(NCCN(CC1CC1)C1CC1)N1CCC(C)CC1.I. The van der Waals surface area contributed by atoms with Crippen LogP contribution in [0.15, 0.2) is 4.99 Å². The highest BCUT2D eigenvalue weighted by Crippen LogP contribution is 2.34. The van der Waals surface area contributed by atoms with Crippen molar-refractivity contribution in [1.29, 1.82) is 0 Å². The lowest BCUT2D eigenvalue weighted by molar-refractivity contribution is 0.250. The molecule has 1 heterocycles. The molecule has 0 atom stereocenters. The Balaban J connectivity index is 0.00000176. The van der Waals surface area contributed by atoms with E-state index in [0.717, 1.165) is 43.5 Å². The normalized spacial score (nSPS) is 23.6. The highest BCUT2D eigenvalue weighted by molar-refractivity contribution is 14.0. The topological polar surface area (TPSA) is 30.9 Å². The summed E-state index contributed by atoms with van der Waals surface area (Å²) in [5.41, 5.74) is 0. The molecule has 0 amide bonds. The van der Waals surface area contributed by atoms with E-state index in [0.29, 0.717) is 0 Å². The molecule has 0 radical (unpaired) electrons. The molecule has 0 unspecified atom stereocenters. The third-order valence-corrected chi connectivity index (χ3v) is 5.23. The van der Waals surface area contributed by atoms with E-state index in [2.05, 4.69) is 27.0 Å². The van der Waals surface area contributed by atoms with Gasteiger partial charge in [0.15, 0.2) is 5.96 Å². The van der Waals surface area contributed by atoms with Crippen LogP contribution < -0.4 is 5.32 Å². The fraction of sp³-hybridized carbons (Fsp3) is 0.941. The van der Waals surface area contributed by atoms with E-state index in [9.17, 15) is 0 Å². The molecule has 2 aliphatic carbocycles. The maximum absolute atomic E-state index is 4.48. The minimum atomic E-state index is 0. The number of hydrogen-bond acceptors (Lipinski definition) is 2. The molecule has 3 rings (SSSR count). The molecule has 1 N–H and O–H groups in total. The van der Waals surface area contributed by atoms with E-state index in [1.54, 1.807) is 0 Å². The van der Waals surface area contributed by atoms with Gasteiger partial charge in [-0.2, -0.15) is 0 Å². The predicted octanol–water partition coefficient (Wildman–Crippen LogP) is 2.79.